The maximum atomic E-state index is 13.3. The van der Waals surface area contributed by atoms with Crippen molar-refractivity contribution in [3.05, 3.63) is 69.9 Å². The number of piperidine rings is 1. The minimum Gasteiger partial charge on any atom is -0.338 e. The highest BCUT2D eigenvalue weighted by Gasteiger charge is 2.27. The number of thiazole rings is 1. The topological polar surface area (TPSA) is 74.3 Å². The third-order valence-corrected chi connectivity index (χ3v) is 6.93. The SMILES string of the molecule is Cc1nc(-c2cccc(Cl)c2)sc1C(=O)N1CCCC(CNC(=O)Nc2cccc(F)c2)C1. The molecule has 1 atom stereocenters. The van der Waals surface area contributed by atoms with Crippen LogP contribution in [0, 0.1) is 18.7 Å². The minimum absolute atomic E-state index is 0.0350. The summed E-state index contributed by atoms with van der Waals surface area (Å²) in [7, 11) is 0. The lowest BCUT2D eigenvalue weighted by molar-refractivity contribution is 0.0679. The highest BCUT2D eigenvalue weighted by atomic mass is 35.5. The predicted molar refractivity (Wildman–Crippen MR) is 129 cm³/mol. The van der Waals surface area contributed by atoms with E-state index in [0.29, 0.717) is 40.9 Å². The lowest BCUT2D eigenvalue weighted by atomic mass is 9.98. The molecule has 6 nitrogen and oxygen atoms in total. The van der Waals surface area contributed by atoms with Crippen molar-refractivity contribution in [1.29, 1.82) is 0 Å². The molecule has 1 unspecified atom stereocenters. The average Bonchev–Trinajstić information content (AvgIpc) is 3.19. The van der Waals surface area contributed by atoms with Crippen molar-refractivity contribution in [3.63, 3.8) is 0 Å². The van der Waals surface area contributed by atoms with E-state index in [9.17, 15) is 14.0 Å². The quantitative estimate of drug-likeness (QED) is 0.494. The van der Waals surface area contributed by atoms with Crippen LogP contribution in [0.2, 0.25) is 5.02 Å². The van der Waals surface area contributed by atoms with Gasteiger partial charge in [-0.25, -0.2) is 14.2 Å². The van der Waals surface area contributed by atoms with E-state index in [4.69, 9.17) is 11.6 Å². The van der Waals surface area contributed by atoms with Crippen LogP contribution in [-0.2, 0) is 0 Å². The molecule has 0 aliphatic carbocycles. The van der Waals surface area contributed by atoms with Gasteiger partial charge in [0.05, 0.1) is 5.69 Å². The summed E-state index contributed by atoms with van der Waals surface area (Å²) in [6, 6.07) is 12.8. The number of halogens is 2. The molecule has 2 N–H and O–H groups in total. The molecule has 172 valence electrons. The van der Waals surface area contributed by atoms with Gasteiger partial charge in [0.1, 0.15) is 15.7 Å². The van der Waals surface area contributed by atoms with Crippen LogP contribution in [0.3, 0.4) is 0 Å². The molecule has 4 rings (SSSR count). The maximum absolute atomic E-state index is 13.3. The number of amides is 3. The molecule has 2 heterocycles. The molecule has 2 aromatic carbocycles. The smallest absolute Gasteiger partial charge is 0.319 e. The van der Waals surface area contributed by atoms with Gasteiger partial charge in [0, 0.05) is 35.9 Å². The normalized spacial score (nSPS) is 15.8. The second-order valence-electron chi connectivity index (χ2n) is 8.05. The van der Waals surface area contributed by atoms with Gasteiger partial charge in [-0.2, -0.15) is 0 Å². The lowest BCUT2D eigenvalue weighted by Crippen LogP contribution is -2.44. The number of nitrogens with one attached hydrogen (secondary N) is 2. The third kappa shape index (κ3) is 5.89. The lowest BCUT2D eigenvalue weighted by Gasteiger charge is -2.32. The predicted octanol–water partition coefficient (Wildman–Crippen LogP) is 5.58. The molecule has 1 saturated heterocycles. The number of hydrogen-bond acceptors (Lipinski definition) is 4. The van der Waals surface area contributed by atoms with Crippen LogP contribution in [0.25, 0.3) is 10.6 Å². The molecule has 3 aromatic rings. The van der Waals surface area contributed by atoms with E-state index in [1.165, 1.54) is 29.5 Å². The van der Waals surface area contributed by atoms with Crippen LogP contribution < -0.4 is 10.6 Å². The van der Waals surface area contributed by atoms with Crippen molar-refractivity contribution in [3.8, 4) is 10.6 Å². The Kier molecular flexibility index (Phi) is 7.25. The van der Waals surface area contributed by atoms with Crippen LogP contribution in [-0.4, -0.2) is 41.5 Å². The molecule has 9 heteroatoms. The van der Waals surface area contributed by atoms with Crippen molar-refractivity contribution in [2.45, 2.75) is 19.8 Å². The summed E-state index contributed by atoms with van der Waals surface area (Å²) in [5.41, 5.74) is 1.98. The van der Waals surface area contributed by atoms with Gasteiger partial charge in [0.2, 0.25) is 0 Å². The first kappa shape index (κ1) is 23.2. The van der Waals surface area contributed by atoms with Crippen molar-refractivity contribution in [2.24, 2.45) is 5.92 Å². The van der Waals surface area contributed by atoms with E-state index in [1.54, 1.807) is 12.1 Å². The van der Waals surface area contributed by atoms with Crippen molar-refractivity contribution in [2.75, 3.05) is 25.0 Å². The number of aryl methyl sites for hydroxylation is 1. The number of benzene rings is 2. The molecule has 33 heavy (non-hydrogen) atoms. The Morgan fingerprint density at radius 1 is 1.24 bits per heavy atom. The van der Waals surface area contributed by atoms with E-state index in [2.05, 4.69) is 15.6 Å². The summed E-state index contributed by atoms with van der Waals surface area (Å²) in [6.07, 6.45) is 1.78. The summed E-state index contributed by atoms with van der Waals surface area (Å²) in [5.74, 6) is -0.306. The van der Waals surface area contributed by atoms with Gasteiger partial charge in [0.25, 0.3) is 5.91 Å². The number of carbonyl (C=O) groups is 2. The molecule has 1 aromatic heterocycles. The Balaban J connectivity index is 1.35. The van der Waals surface area contributed by atoms with Crippen molar-refractivity contribution in [1.82, 2.24) is 15.2 Å². The average molecular weight is 487 g/mol. The third-order valence-electron chi connectivity index (χ3n) is 5.50. The Hall–Kier alpha value is -2.97. The Bertz CT molecular complexity index is 1170. The molecule has 0 radical (unpaired) electrons. The van der Waals surface area contributed by atoms with Gasteiger partial charge in [0.15, 0.2) is 0 Å². The van der Waals surface area contributed by atoms with E-state index in [-0.39, 0.29) is 11.8 Å². The second-order valence-corrected chi connectivity index (χ2v) is 9.48. The maximum Gasteiger partial charge on any atom is 0.319 e. The Morgan fingerprint density at radius 2 is 2.06 bits per heavy atom. The van der Waals surface area contributed by atoms with Crippen LogP contribution >= 0.6 is 22.9 Å². The van der Waals surface area contributed by atoms with Gasteiger partial charge >= 0.3 is 6.03 Å². The van der Waals surface area contributed by atoms with Gasteiger partial charge in [-0.1, -0.05) is 29.8 Å². The molecule has 1 fully saturated rings. The fraction of sp³-hybridized carbons (Fsp3) is 0.292. The highest BCUT2D eigenvalue weighted by molar-refractivity contribution is 7.17. The molecule has 0 saturated carbocycles. The minimum atomic E-state index is -0.411. The first-order valence-corrected chi connectivity index (χ1v) is 11.9. The van der Waals surface area contributed by atoms with Crippen molar-refractivity contribution < 1.29 is 14.0 Å². The van der Waals surface area contributed by atoms with Crippen LogP contribution in [0.5, 0.6) is 0 Å². The van der Waals surface area contributed by atoms with Gasteiger partial charge in [-0.05, 0) is 56.0 Å². The monoisotopic (exact) mass is 486 g/mol. The number of urea groups is 1. The van der Waals surface area contributed by atoms with E-state index >= 15 is 0 Å². The van der Waals surface area contributed by atoms with Crippen LogP contribution in [0.4, 0.5) is 14.9 Å². The zero-order chi connectivity index (χ0) is 23.4. The molecule has 0 spiro atoms. The summed E-state index contributed by atoms with van der Waals surface area (Å²) >= 11 is 7.47. The highest BCUT2D eigenvalue weighted by Crippen LogP contribution is 2.31. The number of likely N-dealkylation sites (tertiary alicyclic amines) is 1. The number of hydrogen-bond donors (Lipinski definition) is 2. The summed E-state index contributed by atoms with van der Waals surface area (Å²) in [5, 5.41) is 6.85. The molecule has 0 bridgehead atoms. The fourth-order valence-electron chi connectivity index (χ4n) is 3.88. The van der Waals surface area contributed by atoms with Gasteiger partial charge in [-0.15, -0.1) is 11.3 Å². The van der Waals surface area contributed by atoms with E-state index in [1.807, 2.05) is 30.0 Å². The zero-order valence-electron chi connectivity index (χ0n) is 18.1. The zero-order valence-corrected chi connectivity index (χ0v) is 19.7. The standard InChI is InChI=1S/C24H24ClFN4O2S/c1-15-21(33-22(28-15)17-6-2-7-18(25)11-17)23(31)30-10-4-5-16(14-30)13-27-24(32)29-20-9-3-8-19(26)12-20/h2-3,6-9,11-12,16H,4-5,10,13-14H2,1H3,(H2,27,29,32). The first-order chi connectivity index (χ1) is 15.9. The largest absolute Gasteiger partial charge is 0.338 e. The second kappa shape index (κ2) is 10.3. The number of carbonyl (C=O) groups excluding carboxylic acids is 2. The number of nitrogens with zero attached hydrogens (tertiary/aromatic N) is 2. The fourth-order valence-corrected chi connectivity index (χ4v) is 5.10. The summed E-state index contributed by atoms with van der Waals surface area (Å²) < 4.78 is 13.3. The van der Waals surface area contributed by atoms with Gasteiger partial charge < -0.3 is 15.5 Å². The molecule has 1 aliphatic rings. The Labute approximate surface area is 200 Å². The van der Waals surface area contributed by atoms with E-state index < -0.39 is 11.8 Å². The Morgan fingerprint density at radius 3 is 2.85 bits per heavy atom. The summed E-state index contributed by atoms with van der Waals surface area (Å²) in [6.45, 7) is 3.51. The number of aromatic nitrogens is 1. The molecular formula is C24H24ClFN4O2S. The molecule has 1 aliphatic heterocycles. The number of anilines is 1. The van der Waals surface area contributed by atoms with Crippen LogP contribution in [0.1, 0.15) is 28.2 Å². The van der Waals surface area contributed by atoms with Crippen LogP contribution in [0.15, 0.2) is 48.5 Å². The van der Waals surface area contributed by atoms with Crippen molar-refractivity contribution >= 4 is 40.6 Å². The summed E-state index contributed by atoms with van der Waals surface area (Å²) in [4.78, 5) is 32.4. The number of rotatable bonds is 5. The van der Waals surface area contributed by atoms with E-state index in [0.717, 1.165) is 23.4 Å². The van der Waals surface area contributed by atoms with Gasteiger partial charge in [-0.3, -0.25) is 4.79 Å². The first-order valence-electron chi connectivity index (χ1n) is 10.7. The molecular weight excluding hydrogens is 463 g/mol. The molecule has 3 amide bonds.